The Hall–Kier alpha value is -3.60. The number of aromatic amines is 1. The van der Waals surface area contributed by atoms with E-state index in [-0.39, 0.29) is 12.2 Å². The van der Waals surface area contributed by atoms with E-state index in [2.05, 4.69) is 25.8 Å². The average Bonchev–Trinajstić information content (AvgIpc) is 3.28. The molecule has 0 amide bonds. The number of nitrogens with one attached hydrogen (secondary N) is 3. The summed E-state index contributed by atoms with van der Waals surface area (Å²) in [6, 6.07) is 5.77. The van der Waals surface area contributed by atoms with Crippen molar-refractivity contribution in [3.63, 3.8) is 0 Å². The zero-order chi connectivity index (χ0) is 18.3. The highest BCUT2D eigenvalue weighted by molar-refractivity contribution is 6.02. The maximum atomic E-state index is 15.0. The summed E-state index contributed by atoms with van der Waals surface area (Å²) in [7, 11) is 1.81. The highest BCUT2D eigenvalue weighted by Gasteiger charge is 2.20. The van der Waals surface area contributed by atoms with E-state index in [1.807, 2.05) is 42.0 Å². The number of halogens is 1. The van der Waals surface area contributed by atoms with Crippen molar-refractivity contribution in [2.24, 2.45) is 0 Å². The largest absolute Gasteiger partial charge is 0.372 e. The smallest absolute Gasteiger partial charge is 0.152 e. The number of nitriles is 1. The molecule has 3 heterocycles. The number of aromatic nitrogens is 4. The minimum Gasteiger partial charge on any atom is -0.372 e. The van der Waals surface area contributed by atoms with Crippen LogP contribution in [0.4, 0.5) is 15.9 Å². The first kappa shape index (κ1) is 15.9. The normalized spacial score (nSPS) is 11.0. The number of fused-ring (bicyclic) bond motifs is 2. The summed E-state index contributed by atoms with van der Waals surface area (Å²) in [4.78, 5) is 4.42. The number of hydrogen-bond donors (Lipinski definition) is 3. The van der Waals surface area contributed by atoms with Crippen LogP contribution in [0.3, 0.4) is 0 Å². The van der Waals surface area contributed by atoms with Gasteiger partial charge in [0.15, 0.2) is 5.82 Å². The van der Waals surface area contributed by atoms with Crippen molar-refractivity contribution in [1.82, 2.24) is 19.6 Å². The molecule has 0 saturated carbocycles. The molecule has 130 valence electrons. The fourth-order valence-corrected chi connectivity index (χ4v) is 3.20. The number of hydrogen-bond acceptors (Lipinski definition) is 5. The predicted molar refractivity (Wildman–Crippen MR) is 98.6 cm³/mol. The first-order valence-corrected chi connectivity index (χ1v) is 8.07. The van der Waals surface area contributed by atoms with E-state index in [9.17, 15) is 0 Å². The predicted octanol–water partition coefficient (Wildman–Crippen LogP) is 3.30. The lowest BCUT2D eigenvalue weighted by Crippen LogP contribution is -2.04. The second-order valence-electron chi connectivity index (χ2n) is 5.92. The Morgan fingerprint density at radius 1 is 1.35 bits per heavy atom. The number of nitrogens with zero attached hydrogens (tertiary/aromatic N) is 4. The molecule has 3 N–H and O–H groups in total. The van der Waals surface area contributed by atoms with Gasteiger partial charge in [-0.15, -0.1) is 0 Å². The van der Waals surface area contributed by atoms with Gasteiger partial charge in [0.05, 0.1) is 29.7 Å². The molecule has 0 spiro atoms. The number of rotatable bonds is 4. The molecule has 0 unspecified atom stereocenters. The maximum Gasteiger partial charge on any atom is 0.152 e. The molecular formula is C18H16FN7. The van der Waals surface area contributed by atoms with Gasteiger partial charge in [-0.1, -0.05) is 0 Å². The third-order valence-corrected chi connectivity index (χ3v) is 4.42. The summed E-state index contributed by atoms with van der Waals surface area (Å²) >= 11 is 0. The average molecular weight is 349 g/mol. The quantitative estimate of drug-likeness (QED) is 0.492. The molecule has 0 saturated heterocycles. The van der Waals surface area contributed by atoms with Crippen molar-refractivity contribution in [3.05, 3.63) is 42.1 Å². The number of H-pyrrole nitrogens is 1. The van der Waals surface area contributed by atoms with Crippen molar-refractivity contribution in [1.29, 1.82) is 5.26 Å². The SMILES string of the molecule is CNc1cn2cc(-c3c(C)c(F)c(NCC#N)c4[nH]ncc34)ccc2n1. The number of benzene rings is 1. The fraction of sp³-hybridized carbons (Fsp3) is 0.167. The Morgan fingerprint density at radius 2 is 2.19 bits per heavy atom. The van der Waals surface area contributed by atoms with Gasteiger partial charge in [0, 0.05) is 24.2 Å². The summed E-state index contributed by atoms with van der Waals surface area (Å²) in [5.74, 6) is 0.364. The lowest BCUT2D eigenvalue weighted by molar-refractivity contribution is 0.624. The first-order chi connectivity index (χ1) is 12.6. The van der Waals surface area contributed by atoms with Gasteiger partial charge in [0.1, 0.15) is 18.0 Å². The van der Waals surface area contributed by atoms with Gasteiger partial charge < -0.3 is 15.0 Å². The van der Waals surface area contributed by atoms with Gasteiger partial charge in [-0.2, -0.15) is 10.4 Å². The van der Waals surface area contributed by atoms with Crippen LogP contribution in [0.1, 0.15) is 5.56 Å². The van der Waals surface area contributed by atoms with E-state index in [4.69, 9.17) is 5.26 Å². The van der Waals surface area contributed by atoms with E-state index < -0.39 is 5.82 Å². The second kappa shape index (κ2) is 6.04. The van der Waals surface area contributed by atoms with Crippen LogP contribution in [0, 0.1) is 24.1 Å². The summed E-state index contributed by atoms with van der Waals surface area (Å²) in [6.45, 7) is 1.74. The molecule has 7 nitrogen and oxygen atoms in total. The highest BCUT2D eigenvalue weighted by Crippen LogP contribution is 2.38. The Morgan fingerprint density at radius 3 is 2.96 bits per heavy atom. The van der Waals surface area contributed by atoms with Crippen LogP contribution >= 0.6 is 0 Å². The third kappa shape index (κ3) is 2.33. The standard InChI is InChI=1S/C18H16FN7/c1-10-15(11-3-4-14-24-13(21-2)9-26(14)8-11)12-7-23-25-17(12)18(16(10)19)22-6-5-20/h3-4,7-9,21-22H,6H2,1-2H3,(H,23,25). The van der Waals surface area contributed by atoms with Crippen molar-refractivity contribution in [2.75, 3.05) is 24.2 Å². The summed E-state index contributed by atoms with van der Waals surface area (Å²) in [5.41, 5.74) is 3.71. The molecule has 0 aliphatic rings. The molecule has 3 aromatic heterocycles. The van der Waals surface area contributed by atoms with Crippen LogP contribution in [-0.4, -0.2) is 33.2 Å². The zero-order valence-electron chi connectivity index (χ0n) is 14.3. The molecule has 4 aromatic rings. The van der Waals surface area contributed by atoms with Crippen LogP contribution in [0.5, 0.6) is 0 Å². The molecule has 0 aliphatic carbocycles. The molecule has 0 radical (unpaired) electrons. The monoisotopic (exact) mass is 349 g/mol. The Bertz CT molecular complexity index is 1170. The van der Waals surface area contributed by atoms with Gasteiger partial charge in [-0.3, -0.25) is 5.10 Å². The number of pyridine rings is 1. The summed E-state index contributed by atoms with van der Waals surface area (Å²) in [6.07, 6.45) is 5.46. The Kier molecular flexibility index (Phi) is 3.69. The lowest BCUT2D eigenvalue weighted by atomic mass is 9.96. The molecule has 0 aliphatic heterocycles. The summed E-state index contributed by atoms with van der Waals surface area (Å²) in [5, 5.41) is 22.3. The minimum atomic E-state index is -0.395. The van der Waals surface area contributed by atoms with Gasteiger partial charge in [0.2, 0.25) is 0 Å². The molecule has 8 heteroatoms. The van der Waals surface area contributed by atoms with Crippen molar-refractivity contribution >= 4 is 28.1 Å². The lowest BCUT2D eigenvalue weighted by Gasteiger charge is -2.14. The molecule has 0 atom stereocenters. The van der Waals surface area contributed by atoms with Crippen molar-refractivity contribution < 1.29 is 4.39 Å². The maximum absolute atomic E-state index is 15.0. The van der Waals surface area contributed by atoms with Gasteiger partial charge >= 0.3 is 0 Å². The number of imidazole rings is 1. The molecule has 0 bridgehead atoms. The van der Waals surface area contributed by atoms with E-state index >= 15 is 4.39 Å². The van der Waals surface area contributed by atoms with Crippen molar-refractivity contribution in [2.45, 2.75) is 6.92 Å². The van der Waals surface area contributed by atoms with Crippen LogP contribution in [0.25, 0.3) is 27.7 Å². The van der Waals surface area contributed by atoms with Crippen LogP contribution in [-0.2, 0) is 0 Å². The van der Waals surface area contributed by atoms with Crippen LogP contribution in [0.2, 0.25) is 0 Å². The molecule has 26 heavy (non-hydrogen) atoms. The molecule has 0 fully saturated rings. The van der Waals surface area contributed by atoms with E-state index in [0.29, 0.717) is 11.1 Å². The Balaban J connectivity index is 1.96. The summed E-state index contributed by atoms with van der Waals surface area (Å²) < 4.78 is 16.9. The number of anilines is 2. The van der Waals surface area contributed by atoms with Gasteiger partial charge in [0.25, 0.3) is 0 Å². The van der Waals surface area contributed by atoms with Crippen LogP contribution in [0.15, 0.2) is 30.7 Å². The van der Waals surface area contributed by atoms with Gasteiger partial charge in [-0.25, -0.2) is 9.37 Å². The third-order valence-electron chi connectivity index (χ3n) is 4.42. The van der Waals surface area contributed by atoms with E-state index in [1.54, 1.807) is 13.1 Å². The molecule has 1 aromatic carbocycles. The van der Waals surface area contributed by atoms with Crippen LogP contribution < -0.4 is 10.6 Å². The van der Waals surface area contributed by atoms with E-state index in [0.717, 1.165) is 28.0 Å². The highest BCUT2D eigenvalue weighted by atomic mass is 19.1. The Labute approximate surface area is 148 Å². The van der Waals surface area contributed by atoms with Gasteiger partial charge in [-0.05, 0) is 30.2 Å². The molecule has 4 rings (SSSR count). The van der Waals surface area contributed by atoms with Crippen molar-refractivity contribution in [3.8, 4) is 17.2 Å². The first-order valence-electron chi connectivity index (χ1n) is 8.07. The molecular weight excluding hydrogens is 333 g/mol. The zero-order valence-corrected chi connectivity index (χ0v) is 14.3. The second-order valence-corrected chi connectivity index (χ2v) is 5.92. The topological polar surface area (TPSA) is 93.8 Å². The fourth-order valence-electron chi connectivity index (χ4n) is 3.20. The minimum absolute atomic E-state index is 0.0115. The van der Waals surface area contributed by atoms with E-state index in [1.165, 1.54) is 0 Å².